The summed E-state index contributed by atoms with van der Waals surface area (Å²) >= 11 is 5.80. The molecule has 1 saturated heterocycles. The predicted octanol–water partition coefficient (Wildman–Crippen LogP) is -0.788. The number of nitrogens with one attached hydrogen (secondary N) is 1. The minimum atomic E-state index is -1.34. The lowest BCUT2D eigenvalue weighted by atomic mass is 10.0. The van der Waals surface area contributed by atoms with Gasteiger partial charge in [-0.1, -0.05) is 11.6 Å². The van der Waals surface area contributed by atoms with Crippen LogP contribution in [0.4, 0.5) is 5.82 Å². The van der Waals surface area contributed by atoms with E-state index < -0.39 is 5.97 Å². The highest BCUT2D eigenvalue weighted by molar-refractivity contribution is 6.33. The molecule has 5 nitrogen and oxygen atoms in total. The molecule has 1 fully saturated rings. The van der Waals surface area contributed by atoms with Crippen molar-refractivity contribution < 1.29 is 14.8 Å². The van der Waals surface area contributed by atoms with Crippen LogP contribution in [0, 0.1) is 0 Å². The van der Waals surface area contributed by atoms with Gasteiger partial charge < -0.3 is 19.7 Å². The summed E-state index contributed by atoms with van der Waals surface area (Å²) in [6.07, 6.45) is 2.15. The van der Waals surface area contributed by atoms with Gasteiger partial charge in [-0.05, 0) is 12.1 Å². The fourth-order valence-corrected chi connectivity index (χ4v) is 2.62. The minimum absolute atomic E-state index is 0.116. The van der Waals surface area contributed by atoms with Gasteiger partial charge in [0, 0.05) is 25.9 Å². The van der Waals surface area contributed by atoms with Gasteiger partial charge in [0.2, 0.25) is 0 Å². The van der Waals surface area contributed by atoms with Gasteiger partial charge in [-0.2, -0.15) is 0 Å². The highest BCUT2D eigenvalue weighted by atomic mass is 35.5. The van der Waals surface area contributed by atoms with Crippen molar-refractivity contribution in [3.8, 4) is 0 Å². The molecular formula is C13H18ClN3O2. The first kappa shape index (κ1) is 14.1. The van der Waals surface area contributed by atoms with E-state index in [2.05, 4.69) is 12.0 Å². The minimum Gasteiger partial charge on any atom is -0.543 e. The Hall–Kier alpha value is -1.33. The van der Waals surface area contributed by atoms with Gasteiger partial charge in [-0.25, -0.2) is 4.98 Å². The quantitative estimate of drug-likeness (QED) is 0.790. The number of rotatable bonds is 3. The number of carbonyl (C=O) groups is 1. The number of aromatic carboxylic acids is 1. The van der Waals surface area contributed by atoms with Crippen molar-refractivity contribution in [2.45, 2.75) is 18.9 Å². The van der Waals surface area contributed by atoms with Crippen molar-refractivity contribution >= 4 is 23.4 Å². The molecular weight excluding hydrogens is 266 g/mol. The van der Waals surface area contributed by atoms with E-state index in [0.29, 0.717) is 11.9 Å². The molecule has 2 rings (SSSR count). The number of halogens is 1. The third-order valence-electron chi connectivity index (χ3n) is 3.74. The zero-order valence-corrected chi connectivity index (χ0v) is 11.9. The van der Waals surface area contributed by atoms with Crippen LogP contribution in [0.3, 0.4) is 0 Å². The van der Waals surface area contributed by atoms with E-state index in [-0.39, 0.29) is 10.7 Å². The first-order chi connectivity index (χ1) is 8.99. The topological polar surface area (TPSA) is 60.7 Å². The van der Waals surface area contributed by atoms with E-state index in [9.17, 15) is 9.90 Å². The molecule has 1 aliphatic rings. The van der Waals surface area contributed by atoms with Crippen molar-refractivity contribution in [2.24, 2.45) is 0 Å². The second kappa shape index (κ2) is 5.75. The zero-order chi connectivity index (χ0) is 14.0. The van der Waals surface area contributed by atoms with Gasteiger partial charge in [0.1, 0.15) is 11.5 Å². The molecule has 0 bridgehead atoms. The fraction of sp³-hybridized carbons (Fsp3) is 0.538. The number of anilines is 1. The summed E-state index contributed by atoms with van der Waals surface area (Å²) in [6, 6.07) is 3.71. The van der Waals surface area contributed by atoms with Crippen molar-refractivity contribution in [3.63, 3.8) is 0 Å². The van der Waals surface area contributed by atoms with Crippen molar-refractivity contribution in [1.82, 2.24) is 4.98 Å². The smallest absolute Gasteiger partial charge is 0.129 e. The molecule has 0 unspecified atom stereocenters. The van der Waals surface area contributed by atoms with Crippen LogP contribution in [-0.4, -0.2) is 44.2 Å². The number of likely N-dealkylation sites (tertiary alicyclic amines) is 1. The Morgan fingerprint density at radius 1 is 1.47 bits per heavy atom. The summed E-state index contributed by atoms with van der Waals surface area (Å²) in [5.74, 6) is -0.707. The molecule has 1 N–H and O–H groups in total. The second-order valence-corrected chi connectivity index (χ2v) is 5.49. The summed E-state index contributed by atoms with van der Waals surface area (Å²) in [4.78, 5) is 18.6. The summed E-state index contributed by atoms with van der Waals surface area (Å²) in [5.41, 5.74) is -0.190. The maximum Gasteiger partial charge on any atom is 0.129 e. The Balaban J connectivity index is 2.17. The molecule has 0 saturated carbocycles. The molecule has 0 amide bonds. The Bertz CT molecular complexity index is 473. The number of piperidine rings is 1. The highest BCUT2D eigenvalue weighted by Crippen LogP contribution is 2.21. The molecule has 6 heteroatoms. The molecule has 1 aromatic heterocycles. The predicted molar refractivity (Wildman–Crippen MR) is 71.6 cm³/mol. The van der Waals surface area contributed by atoms with Crippen molar-refractivity contribution in [2.75, 3.05) is 32.1 Å². The Morgan fingerprint density at radius 2 is 2.11 bits per heavy atom. The van der Waals surface area contributed by atoms with E-state index in [4.69, 9.17) is 11.6 Å². The summed E-state index contributed by atoms with van der Waals surface area (Å²) < 4.78 is 0. The van der Waals surface area contributed by atoms with E-state index in [1.54, 1.807) is 12.1 Å². The lowest BCUT2D eigenvalue weighted by Crippen LogP contribution is -3.10. The average Bonchev–Trinajstić information content (AvgIpc) is 2.39. The number of nitrogens with zero attached hydrogens (tertiary/aromatic N) is 2. The van der Waals surface area contributed by atoms with E-state index in [0.717, 1.165) is 25.9 Å². The van der Waals surface area contributed by atoms with Gasteiger partial charge in [0.05, 0.1) is 31.1 Å². The third-order valence-corrected chi connectivity index (χ3v) is 4.05. The van der Waals surface area contributed by atoms with Crippen LogP contribution in [-0.2, 0) is 0 Å². The first-order valence-electron chi connectivity index (χ1n) is 6.41. The highest BCUT2D eigenvalue weighted by Gasteiger charge is 2.24. The molecule has 1 aliphatic heterocycles. The van der Waals surface area contributed by atoms with Crippen molar-refractivity contribution in [3.05, 3.63) is 22.8 Å². The van der Waals surface area contributed by atoms with Crippen LogP contribution in [0.15, 0.2) is 12.1 Å². The fourth-order valence-electron chi connectivity index (χ4n) is 2.44. The first-order valence-corrected chi connectivity index (χ1v) is 6.79. The Morgan fingerprint density at radius 3 is 2.68 bits per heavy atom. The number of carboxylic acid groups (broad SMARTS) is 1. The standard InChI is InChI=1S/C13H18ClN3O2/c1-16-7-5-9(6-8-16)17(2)11-4-3-10(14)12(15-11)13(18)19/h3-4,9H,5-8H2,1-2H3,(H,18,19). The largest absolute Gasteiger partial charge is 0.543 e. The number of pyridine rings is 1. The Kier molecular flexibility index (Phi) is 4.27. The van der Waals surface area contributed by atoms with Crippen LogP contribution in [0.2, 0.25) is 5.02 Å². The molecule has 0 atom stereocenters. The lowest BCUT2D eigenvalue weighted by molar-refractivity contribution is -0.884. The maximum absolute atomic E-state index is 10.9. The van der Waals surface area contributed by atoms with Crippen LogP contribution >= 0.6 is 11.6 Å². The van der Waals surface area contributed by atoms with Crippen LogP contribution in [0.5, 0.6) is 0 Å². The van der Waals surface area contributed by atoms with Gasteiger partial charge in [-0.15, -0.1) is 0 Å². The lowest BCUT2D eigenvalue weighted by Gasteiger charge is -2.34. The normalized spacial score (nSPS) is 23.1. The molecule has 0 radical (unpaired) electrons. The SMILES string of the molecule is CN(c1ccc(Cl)c(C(=O)[O-])n1)C1CC[NH+](C)CC1. The zero-order valence-electron chi connectivity index (χ0n) is 11.1. The van der Waals surface area contributed by atoms with E-state index in [1.807, 2.05) is 11.9 Å². The molecule has 1 aromatic rings. The van der Waals surface area contributed by atoms with Crippen LogP contribution < -0.4 is 14.9 Å². The van der Waals surface area contributed by atoms with Gasteiger partial charge in [0.15, 0.2) is 0 Å². The Labute approximate surface area is 117 Å². The van der Waals surface area contributed by atoms with Gasteiger partial charge in [0.25, 0.3) is 0 Å². The third kappa shape index (κ3) is 3.16. The number of hydrogen-bond donors (Lipinski definition) is 1. The van der Waals surface area contributed by atoms with Gasteiger partial charge in [-0.3, -0.25) is 0 Å². The summed E-state index contributed by atoms with van der Waals surface area (Å²) in [6.45, 7) is 2.24. The van der Waals surface area contributed by atoms with E-state index >= 15 is 0 Å². The van der Waals surface area contributed by atoms with Crippen molar-refractivity contribution in [1.29, 1.82) is 0 Å². The average molecular weight is 284 g/mol. The number of carbonyl (C=O) groups excluding carboxylic acids is 1. The monoisotopic (exact) mass is 283 g/mol. The maximum atomic E-state index is 10.9. The van der Waals surface area contributed by atoms with E-state index in [1.165, 1.54) is 4.90 Å². The molecule has 0 aromatic carbocycles. The van der Waals surface area contributed by atoms with Gasteiger partial charge >= 0.3 is 0 Å². The second-order valence-electron chi connectivity index (χ2n) is 5.09. The number of aromatic nitrogens is 1. The summed E-state index contributed by atoms with van der Waals surface area (Å²) in [5, 5.41) is 11.1. The number of quaternary nitrogens is 1. The van der Waals surface area contributed by atoms with Crippen LogP contribution in [0.25, 0.3) is 0 Å². The van der Waals surface area contributed by atoms with Crippen LogP contribution in [0.1, 0.15) is 23.3 Å². The molecule has 104 valence electrons. The molecule has 0 spiro atoms. The molecule has 2 heterocycles. The number of carboxylic acids is 1. The number of hydrogen-bond acceptors (Lipinski definition) is 4. The molecule has 0 aliphatic carbocycles. The summed E-state index contributed by atoms with van der Waals surface area (Å²) in [7, 11) is 4.13. The molecule has 19 heavy (non-hydrogen) atoms.